The summed E-state index contributed by atoms with van der Waals surface area (Å²) in [6.45, 7) is 3.86. The Morgan fingerprint density at radius 2 is 2.33 bits per heavy atom. The van der Waals surface area contributed by atoms with Gasteiger partial charge in [0.1, 0.15) is 17.5 Å². The first-order valence-corrected chi connectivity index (χ1v) is 6.65. The summed E-state index contributed by atoms with van der Waals surface area (Å²) in [5.41, 5.74) is 5.83. The second-order valence-corrected chi connectivity index (χ2v) is 4.83. The molecule has 1 saturated heterocycles. The normalized spacial score (nSPS) is 19.1. The van der Waals surface area contributed by atoms with Gasteiger partial charge in [-0.3, -0.25) is 0 Å². The van der Waals surface area contributed by atoms with Crippen LogP contribution in [-0.4, -0.2) is 36.3 Å². The van der Waals surface area contributed by atoms with Gasteiger partial charge in [-0.1, -0.05) is 6.92 Å². The van der Waals surface area contributed by atoms with E-state index in [0.29, 0.717) is 11.9 Å². The summed E-state index contributed by atoms with van der Waals surface area (Å²) in [6.07, 6.45) is 4.50. The van der Waals surface area contributed by atoms with Crippen LogP contribution in [0.4, 0.5) is 11.6 Å². The fourth-order valence-corrected chi connectivity index (χ4v) is 2.22. The number of nitrogens with zero attached hydrogens (tertiary/aromatic N) is 3. The van der Waals surface area contributed by atoms with Crippen LogP contribution >= 0.6 is 0 Å². The number of likely N-dealkylation sites (N-methyl/N-ethyl adjacent to an activating group) is 1. The van der Waals surface area contributed by atoms with Gasteiger partial charge in [-0.05, 0) is 19.3 Å². The molecule has 1 aromatic rings. The van der Waals surface area contributed by atoms with Crippen molar-refractivity contribution in [2.24, 2.45) is 0 Å². The molecule has 0 aromatic carbocycles. The Bertz CT molecular complexity index is 391. The van der Waals surface area contributed by atoms with Crippen molar-refractivity contribution < 1.29 is 4.74 Å². The van der Waals surface area contributed by atoms with Crippen molar-refractivity contribution in [3.63, 3.8) is 0 Å². The highest BCUT2D eigenvalue weighted by Crippen LogP contribution is 2.18. The van der Waals surface area contributed by atoms with E-state index in [2.05, 4.69) is 21.8 Å². The fourth-order valence-electron chi connectivity index (χ4n) is 2.22. The molecule has 1 aliphatic heterocycles. The summed E-state index contributed by atoms with van der Waals surface area (Å²) in [5, 5.41) is 0. The number of nitrogens with two attached hydrogens (primary N) is 1. The van der Waals surface area contributed by atoms with E-state index >= 15 is 0 Å². The zero-order chi connectivity index (χ0) is 13.0. The molecule has 100 valence electrons. The summed E-state index contributed by atoms with van der Waals surface area (Å²) in [6, 6.07) is 1.83. The lowest BCUT2D eigenvalue weighted by molar-refractivity contribution is 0.116. The minimum Gasteiger partial charge on any atom is -0.384 e. The van der Waals surface area contributed by atoms with Gasteiger partial charge in [0.15, 0.2) is 0 Å². The van der Waals surface area contributed by atoms with Crippen LogP contribution in [0.5, 0.6) is 0 Å². The third-order valence-corrected chi connectivity index (χ3v) is 3.14. The van der Waals surface area contributed by atoms with Crippen molar-refractivity contribution in [1.82, 2.24) is 9.97 Å². The van der Waals surface area contributed by atoms with Gasteiger partial charge >= 0.3 is 0 Å². The molecule has 0 bridgehead atoms. The largest absolute Gasteiger partial charge is 0.384 e. The van der Waals surface area contributed by atoms with Crippen LogP contribution in [0.2, 0.25) is 0 Å². The monoisotopic (exact) mass is 250 g/mol. The summed E-state index contributed by atoms with van der Waals surface area (Å²) >= 11 is 0. The van der Waals surface area contributed by atoms with E-state index in [1.807, 2.05) is 13.1 Å². The Morgan fingerprint density at radius 3 is 3.00 bits per heavy atom. The number of anilines is 2. The molecule has 0 aliphatic carbocycles. The molecule has 1 atom stereocenters. The van der Waals surface area contributed by atoms with Crippen molar-refractivity contribution in [3.05, 3.63) is 11.9 Å². The molecule has 0 saturated carbocycles. The lowest BCUT2D eigenvalue weighted by Crippen LogP contribution is -2.29. The average Bonchev–Trinajstić information content (AvgIpc) is 2.81. The molecule has 1 unspecified atom stereocenters. The molecule has 0 radical (unpaired) electrons. The number of hydrogen-bond acceptors (Lipinski definition) is 5. The smallest absolute Gasteiger partial charge is 0.134 e. The zero-order valence-electron chi connectivity index (χ0n) is 11.2. The van der Waals surface area contributed by atoms with Crippen LogP contribution in [0.25, 0.3) is 0 Å². The van der Waals surface area contributed by atoms with E-state index in [4.69, 9.17) is 10.5 Å². The molecule has 2 N–H and O–H groups in total. The van der Waals surface area contributed by atoms with Gasteiger partial charge in [-0.25, -0.2) is 9.97 Å². The highest BCUT2D eigenvalue weighted by Gasteiger charge is 2.18. The molecular formula is C13H22N4O. The maximum absolute atomic E-state index is 5.83. The van der Waals surface area contributed by atoms with Gasteiger partial charge in [0.25, 0.3) is 0 Å². The maximum atomic E-state index is 5.83. The number of aromatic nitrogens is 2. The maximum Gasteiger partial charge on any atom is 0.134 e. The number of rotatable bonds is 5. The van der Waals surface area contributed by atoms with Crippen molar-refractivity contribution in [2.45, 2.75) is 38.7 Å². The topological polar surface area (TPSA) is 64.3 Å². The van der Waals surface area contributed by atoms with E-state index in [-0.39, 0.29) is 0 Å². The van der Waals surface area contributed by atoms with Gasteiger partial charge in [0.2, 0.25) is 0 Å². The van der Waals surface area contributed by atoms with Gasteiger partial charge in [0.05, 0.1) is 6.10 Å². The molecule has 5 nitrogen and oxygen atoms in total. The fraction of sp³-hybridized carbons (Fsp3) is 0.692. The third-order valence-electron chi connectivity index (χ3n) is 3.14. The van der Waals surface area contributed by atoms with E-state index < -0.39 is 0 Å². The van der Waals surface area contributed by atoms with Gasteiger partial charge in [-0.2, -0.15) is 0 Å². The predicted octanol–water partition coefficient (Wildman–Crippen LogP) is 1.63. The predicted molar refractivity (Wildman–Crippen MR) is 72.7 cm³/mol. The Morgan fingerprint density at radius 1 is 1.50 bits per heavy atom. The Hall–Kier alpha value is -1.36. The van der Waals surface area contributed by atoms with Crippen LogP contribution in [0.1, 0.15) is 32.0 Å². The molecule has 2 rings (SSSR count). The van der Waals surface area contributed by atoms with Crippen LogP contribution in [-0.2, 0) is 11.2 Å². The molecule has 5 heteroatoms. The number of hydrogen-bond donors (Lipinski definition) is 1. The quantitative estimate of drug-likeness (QED) is 0.860. The third kappa shape index (κ3) is 3.32. The summed E-state index contributed by atoms with van der Waals surface area (Å²) in [5.74, 6) is 2.26. The number of nitrogen functional groups attached to an aromatic ring is 1. The molecule has 0 amide bonds. The number of ether oxygens (including phenoxy) is 1. The highest BCUT2D eigenvalue weighted by molar-refractivity contribution is 5.46. The van der Waals surface area contributed by atoms with Crippen molar-refractivity contribution in [3.8, 4) is 0 Å². The molecule has 0 spiro atoms. The number of aryl methyl sites for hydroxylation is 1. The Labute approximate surface area is 108 Å². The van der Waals surface area contributed by atoms with Gasteiger partial charge in [0, 0.05) is 32.7 Å². The van der Waals surface area contributed by atoms with Crippen LogP contribution in [0, 0.1) is 0 Å². The first-order chi connectivity index (χ1) is 8.69. The van der Waals surface area contributed by atoms with Crippen molar-refractivity contribution in [2.75, 3.05) is 30.8 Å². The van der Waals surface area contributed by atoms with E-state index in [1.165, 1.54) is 0 Å². The first-order valence-electron chi connectivity index (χ1n) is 6.65. The van der Waals surface area contributed by atoms with Gasteiger partial charge in [-0.15, -0.1) is 0 Å². The summed E-state index contributed by atoms with van der Waals surface area (Å²) in [7, 11) is 2.03. The van der Waals surface area contributed by atoms with Crippen molar-refractivity contribution >= 4 is 11.6 Å². The molecule has 18 heavy (non-hydrogen) atoms. The Kier molecular flexibility index (Phi) is 4.36. The van der Waals surface area contributed by atoms with Crippen LogP contribution in [0.15, 0.2) is 6.07 Å². The van der Waals surface area contributed by atoms with Crippen molar-refractivity contribution in [1.29, 1.82) is 0 Å². The van der Waals surface area contributed by atoms with Gasteiger partial charge < -0.3 is 15.4 Å². The minimum absolute atomic E-state index is 0.320. The first kappa shape index (κ1) is 13.1. The van der Waals surface area contributed by atoms with E-state index in [9.17, 15) is 0 Å². The Balaban J connectivity index is 2.05. The van der Waals surface area contributed by atoms with E-state index in [1.54, 1.807) is 0 Å². The minimum atomic E-state index is 0.320. The molecule has 1 aliphatic rings. The second-order valence-electron chi connectivity index (χ2n) is 4.83. The molecular weight excluding hydrogens is 228 g/mol. The lowest BCUT2D eigenvalue weighted by atomic mass is 10.2. The zero-order valence-corrected chi connectivity index (χ0v) is 11.2. The SMILES string of the molecule is CCCc1nc(N)cc(N(C)CC2CCCO2)n1. The van der Waals surface area contributed by atoms with Crippen LogP contribution < -0.4 is 10.6 Å². The van der Waals surface area contributed by atoms with Crippen LogP contribution in [0.3, 0.4) is 0 Å². The standard InChI is InChI=1S/C13H22N4O/c1-3-5-12-15-11(14)8-13(16-12)17(2)9-10-6-4-7-18-10/h8,10H,3-7,9H2,1-2H3,(H2,14,15,16). The molecule has 1 aromatic heterocycles. The molecule has 2 heterocycles. The molecule has 1 fully saturated rings. The van der Waals surface area contributed by atoms with E-state index in [0.717, 1.165) is 50.5 Å². The highest BCUT2D eigenvalue weighted by atomic mass is 16.5. The lowest BCUT2D eigenvalue weighted by Gasteiger charge is -2.22. The second kappa shape index (κ2) is 6.00. The average molecular weight is 250 g/mol. The summed E-state index contributed by atoms with van der Waals surface area (Å²) < 4.78 is 5.64. The summed E-state index contributed by atoms with van der Waals surface area (Å²) in [4.78, 5) is 10.9.